The first kappa shape index (κ1) is 21.9. The lowest BCUT2D eigenvalue weighted by Gasteiger charge is -2.28. The molecular formula is C33H30O2. The van der Waals surface area contributed by atoms with Gasteiger partial charge in [0, 0.05) is 11.8 Å². The third-order valence-corrected chi connectivity index (χ3v) is 7.92. The van der Waals surface area contributed by atoms with Crippen molar-refractivity contribution in [2.75, 3.05) is 0 Å². The van der Waals surface area contributed by atoms with Gasteiger partial charge >= 0.3 is 0 Å². The number of benzene rings is 4. The minimum Gasteiger partial charge on any atom is -0.464 e. The number of hydrogen-bond acceptors (Lipinski definition) is 2. The van der Waals surface area contributed by atoms with Crippen molar-refractivity contribution in [1.82, 2.24) is 0 Å². The van der Waals surface area contributed by atoms with Gasteiger partial charge in [0.15, 0.2) is 0 Å². The Morgan fingerprint density at radius 3 is 1.94 bits per heavy atom. The van der Waals surface area contributed by atoms with Crippen LogP contribution in [0.3, 0.4) is 0 Å². The van der Waals surface area contributed by atoms with Crippen molar-refractivity contribution in [3.8, 4) is 22.3 Å². The highest BCUT2D eigenvalue weighted by Gasteiger charge is 2.39. The lowest BCUT2D eigenvalue weighted by Crippen LogP contribution is -2.24. The van der Waals surface area contributed by atoms with Crippen LogP contribution in [0.4, 0.5) is 0 Å². The quantitative estimate of drug-likeness (QED) is 0.251. The predicted molar refractivity (Wildman–Crippen MR) is 142 cm³/mol. The van der Waals surface area contributed by atoms with Gasteiger partial charge in [0.05, 0.1) is 0 Å². The monoisotopic (exact) mass is 458 g/mol. The number of rotatable bonds is 8. The van der Waals surface area contributed by atoms with Crippen molar-refractivity contribution in [1.29, 1.82) is 0 Å². The van der Waals surface area contributed by atoms with Gasteiger partial charge in [-0.05, 0) is 69.3 Å². The summed E-state index contributed by atoms with van der Waals surface area (Å²) in [5, 5.41) is 0. The van der Waals surface area contributed by atoms with Crippen LogP contribution >= 0.6 is 0 Å². The van der Waals surface area contributed by atoms with Gasteiger partial charge in [0.1, 0.15) is 6.10 Å². The molecular weight excluding hydrogens is 428 g/mol. The Hall–Kier alpha value is -3.65. The van der Waals surface area contributed by atoms with Gasteiger partial charge in [-0.1, -0.05) is 104 Å². The maximum atomic E-state index is 11.8. The fraction of sp³-hybridized carbons (Fsp3) is 0.242. The Balaban J connectivity index is 1.46. The average Bonchev–Trinajstić information content (AvgIpc) is 3.41. The summed E-state index contributed by atoms with van der Waals surface area (Å²) in [5.74, 6) is 0.241. The lowest BCUT2D eigenvalue weighted by atomic mass is 9.81. The van der Waals surface area contributed by atoms with E-state index in [-0.39, 0.29) is 17.9 Å². The Kier molecular flexibility index (Phi) is 5.74. The van der Waals surface area contributed by atoms with E-state index in [0.29, 0.717) is 6.47 Å². The van der Waals surface area contributed by atoms with Gasteiger partial charge in [-0.25, -0.2) is 0 Å². The van der Waals surface area contributed by atoms with Crippen LogP contribution in [0, 0.1) is 0 Å². The molecule has 2 unspecified atom stereocenters. The molecule has 0 N–H and O–H groups in total. The van der Waals surface area contributed by atoms with Crippen molar-refractivity contribution in [2.24, 2.45) is 0 Å². The van der Waals surface area contributed by atoms with Crippen LogP contribution in [0.1, 0.15) is 65.8 Å². The Morgan fingerprint density at radius 2 is 1.31 bits per heavy atom. The van der Waals surface area contributed by atoms with Gasteiger partial charge in [0.2, 0.25) is 0 Å². The maximum Gasteiger partial charge on any atom is 0.293 e. The van der Waals surface area contributed by atoms with E-state index < -0.39 is 0 Å². The normalized spacial score (nSPS) is 16.2. The molecule has 6 rings (SSSR count). The van der Waals surface area contributed by atoms with Crippen LogP contribution in [-0.4, -0.2) is 12.6 Å². The van der Waals surface area contributed by atoms with Gasteiger partial charge in [-0.15, -0.1) is 0 Å². The molecule has 2 atom stereocenters. The molecule has 0 amide bonds. The summed E-state index contributed by atoms with van der Waals surface area (Å²) in [6.07, 6.45) is 3.95. The summed E-state index contributed by atoms with van der Waals surface area (Å²) >= 11 is 0. The highest BCUT2D eigenvalue weighted by atomic mass is 16.5. The number of carbonyl (C=O) groups excluding carboxylic acids is 1. The minimum absolute atomic E-state index is 0.0339. The second-order valence-electron chi connectivity index (χ2n) is 9.78. The molecule has 0 radical (unpaired) electrons. The molecule has 0 aromatic heterocycles. The molecule has 0 bridgehead atoms. The fourth-order valence-electron chi connectivity index (χ4n) is 6.46. The first-order chi connectivity index (χ1) is 17.3. The van der Waals surface area contributed by atoms with Crippen molar-refractivity contribution < 1.29 is 9.53 Å². The van der Waals surface area contributed by atoms with E-state index in [2.05, 4.69) is 97.9 Å². The van der Waals surface area contributed by atoms with Gasteiger partial charge in [-0.3, -0.25) is 4.79 Å². The van der Waals surface area contributed by atoms with Crippen molar-refractivity contribution in [3.63, 3.8) is 0 Å². The highest BCUT2D eigenvalue weighted by Crippen LogP contribution is 2.52. The molecule has 4 aromatic carbocycles. The molecule has 35 heavy (non-hydrogen) atoms. The molecule has 0 saturated carbocycles. The number of hydrogen-bond donors (Lipinski definition) is 0. The first-order valence-electron chi connectivity index (χ1n) is 12.8. The summed E-state index contributed by atoms with van der Waals surface area (Å²) in [7, 11) is 0. The Morgan fingerprint density at radius 1 is 0.743 bits per heavy atom. The van der Waals surface area contributed by atoms with E-state index in [1.807, 2.05) is 0 Å². The summed E-state index contributed by atoms with van der Waals surface area (Å²) in [6.45, 7) is 2.90. The molecule has 2 aliphatic carbocycles. The Labute approximate surface area is 207 Å². The summed E-state index contributed by atoms with van der Waals surface area (Å²) < 4.78 is 5.97. The smallest absolute Gasteiger partial charge is 0.293 e. The van der Waals surface area contributed by atoms with E-state index in [1.54, 1.807) is 0 Å². The topological polar surface area (TPSA) is 26.3 Å². The molecule has 0 saturated heterocycles. The molecule has 2 aliphatic rings. The van der Waals surface area contributed by atoms with Crippen LogP contribution in [0.5, 0.6) is 0 Å². The number of aryl methyl sites for hydroxylation is 1. The standard InChI is InChI=1S/C33H30O2/c1-2-3-11-22-12-10-19-27-25-15-4-5-16-26(25)30(32(22)27)20-31(35-21-34)33-28-17-8-6-13-23(28)24-14-7-9-18-29(24)33/h4-10,12-19,21,30-31,33H,2-3,11,20H2,1H3. The fourth-order valence-corrected chi connectivity index (χ4v) is 6.46. The lowest BCUT2D eigenvalue weighted by molar-refractivity contribution is -0.134. The minimum atomic E-state index is -0.250. The third-order valence-electron chi connectivity index (χ3n) is 7.92. The van der Waals surface area contributed by atoms with Crippen molar-refractivity contribution in [2.45, 2.75) is 50.5 Å². The van der Waals surface area contributed by atoms with Crippen molar-refractivity contribution in [3.05, 3.63) is 119 Å². The first-order valence-corrected chi connectivity index (χ1v) is 12.8. The van der Waals surface area contributed by atoms with E-state index in [4.69, 9.17) is 4.74 Å². The number of fused-ring (bicyclic) bond motifs is 6. The molecule has 174 valence electrons. The van der Waals surface area contributed by atoms with E-state index in [9.17, 15) is 4.79 Å². The molecule has 0 spiro atoms. The predicted octanol–water partition coefficient (Wildman–Crippen LogP) is 7.89. The van der Waals surface area contributed by atoms with Gasteiger partial charge in [0.25, 0.3) is 6.47 Å². The van der Waals surface area contributed by atoms with Crippen LogP contribution < -0.4 is 0 Å². The summed E-state index contributed by atoms with van der Waals surface area (Å²) in [4.78, 5) is 11.8. The van der Waals surface area contributed by atoms with E-state index >= 15 is 0 Å². The highest BCUT2D eigenvalue weighted by molar-refractivity contribution is 5.81. The Bertz CT molecular complexity index is 1340. The SMILES string of the molecule is CCCCc1cccc2c1C(CC(OC=O)C1c3ccccc3-c3ccccc31)c1ccccc1-2. The van der Waals surface area contributed by atoms with Gasteiger partial charge < -0.3 is 4.74 Å². The molecule has 0 fully saturated rings. The second kappa shape index (κ2) is 9.19. The number of carbonyl (C=O) groups is 1. The average molecular weight is 459 g/mol. The molecule has 2 heteroatoms. The second-order valence-corrected chi connectivity index (χ2v) is 9.78. The molecule has 0 heterocycles. The number of unbranched alkanes of at least 4 members (excludes halogenated alkanes) is 1. The van der Waals surface area contributed by atoms with Crippen LogP contribution in [0.2, 0.25) is 0 Å². The summed E-state index contributed by atoms with van der Waals surface area (Å²) in [5.41, 5.74) is 11.9. The zero-order chi connectivity index (χ0) is 23.8. The zero-order valence-electron chi connectivity index (χ0n) is 20.1. The maximum absolute atomic E-state index is 11.8. The van der Waals surface area contributed by atoms with E-state index in [1.165, 1.54) is 62.9 Å². The molecule has 4 aromatic rings. The largest absolute Gasteiger partial charge is 0.464 e. The van der Waals surface area contributed by atoms with Gasteiger partial charge in [-0.2, -0.15) is 0 Å². The zero-order valence-corrected chi connectivity index (χ0v) is 20.1. The van der Waals surface area contributed by atoms with Crippen LogP contribution in [0.15, 0.2) is 91.0 Å². The number of ether oxygens (including phenoxy) is 1. The van der Waals surface area contributed by atoms with Crippen LogP contribution in [-0.2, 0) is 16.0 Å². The summed E-state index contributed by atoms with van der Waals surface area (Å²) in [6, 6.07) is 32.7. The molecule has 0 aliphatic heterocycles. The van der Waals surface area contributed by atoms with Crippen LogP contribution in [0.25, 0.3) is 22.3 Å². The van der Waals surface area contributed by atoms with E-state index in [0.717, 1.165) is 12.8 Å². The third kappa shape index (κ3) is 3.60. The van der Waals surface area contributed by atoms with Crippen molar-refractivity contribution >= 4 is 6.47 Å². The molecule has 2 nitrogen and oxygen atoms in total.